The number of aryl methyl sites for hydroxylation is 1. The number of carbonyl (C=O) groups excluding carboxylic acids is 1. The first kappa shape index (κ1) is 17.6. The summed E-state index contributed by atoms with van der Waals surface area (Å²) in [6.07, 6.45) is 1.67. The van der Waals surface area contributed by atoms with Gasteiger partial charge >= 0.3 is 0 Å². The van der Waals surface area contributed by atoms with E-state index in [1.165, 1.54) is 0 Å². The van der Waals surface area contributed by atoms with Gasteiger partial charge in [-0.1, -0.05) is 0 Å². The van der Waals surface area contributed by atoms with E-state index in [2.05, 4.69) is 20.4 Å². The average Bonchev–Trinajstić information content (AvgIpc) is 2.84. The molecule has 2 aromatic heterocycles. The lowest BCUT2D eigenvalue weighted by atomic mass is 10.2. The van der Waals surface area contributed by atoms with E-state index in [-0.39, 0.29) is 42.6 Å². The Kier molecular flexibility index (Phi) is 5.88. The summed E-state index contributed by atoms with van der Waals surface area (Å²) in [6, 6.07) is 1.99. The first-order chi connectivity index (χ1) is 9.16. The number of piperazine rings is 1. The molecule has 1 fully saturated rings. The lowest BCUT2D eigenvalue weighted by molar-refractivity contribution is 0.0643. The average molecular weight is 333 g/mol. The Bertz CT molecular complexity index is 631. The molecule has 3 heterocycles. The topological polar surface area (TPSA) is 75.4 Å². The van der Waals surface area contributed by atoms with Crippen molar-refractivity contribution in [3.8, 4) is 0 Å². The highest BCUT2D eigenvalue weighted by Crippen LogP contribution is 2.09. The number of aromatic nitrogens is 4. The van der Waals surface area contributed by atoms with Crippen molar-refractivity contribution < 1.29 is 4.79 Å². The van der Waals surface area contributed by atoms with Gasteiger partial charge in [-0.2, -0.15) is 4.98 Å². The van der Waals surface area contributed by atoms with Crippen LogP contribution in [0.2, 0.25) is 0 Å². The molecule has 1 N–H and O–H groups in total. The van der Waals surface area contributed by atoms with Gasteiger partial charge < -0.3 is 10.2 Å². The van der Waals surface area contributed by atoms with E-state index < -0.39 is 0 Å². The summed E-state index contributed by atoms with van der Waals surface area (Å²) < 4.78 is 1.60. The van der Waals surface area contributed by atoms with E-state index in [0.717, 1.165) is 18.8 Å². The Hall–Kier alpha value is -1.44. The number of hydrogen-bond donors (Lipinski definition) is 1. The number of amides is 1. The molecule has 9 heteroatoms. The summed E-state index contributed by atoms with van der Waals surface area (Å²) in [7, 11) is 0. The van der Waals surface area contributed by atoms with Gasteiger partial charge in [0.1, 0.15) is 0 Å². The molecule has 0 radical (unpaired) electrons. The van der Waals surface area contributed by atoms with Crippen LogP contribution in [0.15, 0.2) is 12.3 Å². The third-order valence-corrected chi connectivity index (χ3v) is 3.38. The highest BCUT2D eigenvalue weighted by atomic mass is 35.5. The maximum Gasteiger partial charge on any atom is 0.293 e. The highest BCUT2D eigenvalue weighted by Gasteiger charge is 2.27. The Balaban J connectivity index is 0.00000110. The molecule has 1 aliphatic heterocycles. The van der Waals surface area contributed by atoms with Crippen LogP contribution in [0.1, 0.15) is 23.2 Å². The number of halogens is 2. The number of hydrogen-bond acceptors (Lipinski definition) is 5. The maximum absolute atomic E-state index is 12.4. The van der Waals surface area contributed by atoms with Gasteiger partial charge in [-0.3, -0.25) is 4.79 Å². The van der Waals surface area contributed by atoms with Crippen LogP contribution in [0.3, 0.4) is 0 Å². The Morgan fingerprint density at radius 3 is 2.86 bits per heavy atom. The molecule has 0 aromatic carbocycles. The van der Waals surface area contributed by atoms with Crippen molar-refractivity contribution in [2.75, 3.05) is 19.6 Å². The third kappa shape index (κ3) is 3.25. The number of fused-ring (bicyclic) bond motifs is 1. The molecule has 3 rings (SSSR count). The summed E-state index contributed by atoms with van der Waals surface area (Å²) in [4.78, 5) is 22.6. The summed E-state index contributed by atoms with van der Waals surface area (Å²) in [5.41, 5.74) is 0.907. The molecule has 1 saturated heterocycles. The van der Waals surface area contributed by atoms with Crippen LogP contribution in [0.25, 0.3) is 5.78 Å². The van der Waals surface area contributed by atoms with E-state index in [4.69, 9.17) is 0 Å². The molecule has 21 heavy (non-hydrogen) atoms. The molecule has 0 unspecified atom stereocenters. The van der Waals surface area contributed by atoms with E-state index in [9.17, 15) is 4.79 Å². The monoisotopic (exact) mass is 332 g/mol. The zero-order valence-electron chi connectivity index (χ0n) is 11.8. The third-order valence-electron chi connectivity index (χ3n) is 3.38. The second-order valence-corrected chi connectivity index (χ2v) is 4.79. The van der Waals surface area contributed by atoms with Gasteiger partial charge in [0, 0.05) is 37.6 Å². The van der Waals surface area contributed by atoms with Gasteiger partial charge in [-0.15, -0.1) is 29.9 Å². The number of nitrogens with zero attached hydrogens (tertiary/aromatic N) is 5. The highest BCUT2D eigenvalue weighted by molar-refractivity contribution is 5.91. The van der Waals surface area contributed by atoms with Crippen LogP contribution in [0.4, 0.5) is 0 Å². The summed E-state index contributed by atoms with van der Waals surface area (Å²) in [5.74, 6) is 0.556. The van der Waals surface area contributed by atoms with Gasteiger partial charge in [0.05, 0.1) is 0 Å². The summed E-state index contributed by atoms with van der Waals surface area (Å²) >= 11 is 0. The Morgan fingerprint density at radius 1 is 1.43 bits per heavy atom. The fourth-order valence-electron chi connectivity index (χ4n) is 2.27. The largest absolute Gasteiger partial charge is 0.331 e. The summed E-state index contributed by atoms with van der Waals surface area (Å²) in [6.45, 7) is 6.22. The van der Waals surface area contributed by atoms with Crippen molar-refractivity contribution in [1.29, 1.82) is 0 Å². The molecule has 0 spiro atoms. The van der Waals surface area contributed by atoms with Gasteiger partial charge in [-0.05, 0) is 19.9 Å². The molecule has 2 aromatic rings. The zero-order valence-corrected chi connectivity index (χ0v) is 13.4. The van der Waals surface area contributed by atoms with Crippen molar-refractivity contribution in [2.45, 2.75) is 19.9 Å². The second kappa shape index (κ2) is 7.02. The standard InChI is InChI=1S/C12H16N6O.2ClH/c1-8-3-4-14-12-15-10(16-18(8)12)11(19)17-6-5-13-7-9(17)2;;/h3-4,9,13H,5-7H2,1-2H3;2*1H/t9-;;/m0../s1. The molecule has 0 saturated carbocycles. The molecule has 1 amide bonds. The molecule has 116 valence electrons. The lowest BCUT2D eigenvalue weighted by Gasteiger charge is -2.33. The van der Waals surface area contributed by atoms with Crippen molar-refractivity contribution in [3.05, 3.63) is 23.8 Å². The van der Waals surface area contributed by atoms with Crippen LogP contribution in [0.5, 0.6) is 0 Å². The second-order valence-electron chi connectivity index (χ2n) is 4.79. The molecule has 0 bridgehead atoms. The van der Waals surface area contributed by atoms with Crippen LogP contribution < -0.4 is 5.32 Å². The normalized spacial score (nSPS) is 18.0. The number of carbonyl (C=O) groups is 1. The van der Waals surface area contributed by atoms with Gasteiger partial charge in [0.2, 0.25) is 5.82 Å². The van der Waals surface area contributed by atoms with Crippen LogP contribution in [-0.4, -0.2) is 56.1 Å². The van der Waals surface area contributed by atoms with Crippen LogP contribution >= 0.6 is 24.8 Å². The van der Waals surface area contributed by atoms with Crippen LogP contribution in [0, 0.1) is 6.92 Å². The van der Waals surface area contributed by atoms with E-state index in [0.29, 0.717) is 12.3 Å². The minimum absolute atomic E-state index is 0. The van der Waals surface area contributed by atoms with Crippen molar-refractivity contribution in [1.82, 2.24) is 29.8 Å². The van der Waals surface area contributed by atoms with Crippen LogP contribution in [-0.2, 0) is 0 Å². The Labute approximate surface area is 135 Å². The fraction of sp³-hybridized carbons (Fsp3) is 0.500. The minimum atomic E-state index is -0.126. The molecule has 1 atom stereocenters. The van der Waals surface area contributed by atoms with Gasteiger partial charge in [0.15, 0.2) is 0 Å². The predicted octanol–water partition coefficient (Wildman–Crippen LogP) is 0.710. The predicted molar refractivity (Wildman–Crippen MR) is 83.4 cm³/mol. The smallest absolute Gasteiger partial charge is 0.293 e. The van der Waals surface area contributed by atoms with Crippen molar-refractivity contribution in [3.63, 3.8) is 0 Å². The first-order valence-electron chi connectivity index (χ1n) is 6.37. The van der Waals surface area contributed by atoms with Gasteiger partial charge in [0.25, 0.3) is 11.7 Å². The maximum atomic E-state index is 12.4. The molecule has 0 aliphatic carbocycles. The van der Waals surface area contributed by atoms with Crippen molar-refractivity contribution >= 4 is 36.5 Å². The summed E-state index contributed by atoms with van der Waals surface area (Å²) in [5, 5.41) is 7.51. The zero-order chi connectivity index (χ0) is 13.4. The molecule has 1 aliphatic rings. The molecular weight excluding hydrogens is 315 g/mol. The lowest BCUT2D eigenvalue weighted by Crippen LogP contribution is -2.52. The molecule has 7 nitrogen and oxygen atoms in total. The first-order valence-corrected chi connectivity index (χ1v) is 6.37. The minimum Gasteiger partial charge on any atom is -0.331 e. The quantitative estimate of drug-likeness (QED) is 0.832. The van der Waals surface area contributed by atoms with Crippen molar-refractivity contribution in [2.24, 2.45) is 0 Å². The number of nitrogens with one attached hydrogen (secondary N) is 1. The van der Waals surface area contributed by atoms with E-state index >= 15 is 0 Å². The molecular formula is C12H18Cl2N6O. The van der Waals surface area contributed by atoms with Gasteiger partial charge in [-0.25, -0.2) is 9.50 Å². The fourth-order valence-corrected chi connectivity index (χ4v) is 2.27. The Morgan fingerprint density at radius 2 is 2.19 bits per heavy atom. The number of rotatable bonds is 1. The van der Waals surface area contributed by atoms with E-state index in [1.807, 2.05) is 19.9 Å². The SMILES string of the molecule is Cc1ccnc2nc(C(=O)N3CCNC[C@@H]3C)nn12.Cl.Cl. The van der Waals surface area contributed by atoms with E-state index in [1.54, 1.807) is 15.6 Å².